The third-order valence-electron chi connectivity index (χ3n) is 5.16. The van der Waals surface area contributed by atoms with Crippen LogP contribution in [-0.4, -0.2) is 42.0 Å². The molecular formula is C18H34N2O3. The van der Waals surface area contributed by atoms with Crippen molar-refractivity contribution in [1.82, 2.24) is 10.6 Å². The number of hydrogen-bond acceptors (Lipinski definition) is 4. The molecule has 0 aromatic heterocycles. The average molecular weight is 326 g/mol. The molecule has 2 aliphatic carbocycles. The molecule has 0 spiro atoms. The molecule has 5 heteroatoms. The summed E-state index contributed by atoms with van der Waals surface area (Å²) in [6, 6.07) is 0.609. The van der Waals surface area contributed by atoms with Gasteiger partial charge in [0.2, 0.25) is 0 Å². The Hall–Kier alpha value is -0.810. The van der Waals surface area contributed by atoms with Gasteiger partial charge in [-0.2, -0.15) is 0 Å². The van der Waals surface area contributed by atoms with Gasteiger partial charge in [0.15, 0.2) is 0 Å². The lowest BCUT2D eigenvalue weighted by Crippen LogP contribution is -2.48. The van der Waals surface area contributed by atoms with Crippen molar-refractivity contribution in [2.75, 3.05) is 13.2 Å². The van der Waals surface area contributed by atoms with Crippen LogP contribution in [0.4, 0.5) is 4.79 Å². The highest BCUT2D eigenvalue weighted by molar-refractivity contribution is 5.68. The van der Waals surface area contributed by atoms with Crippen LogP contribution >= 0.6 is 0 Å². The minimum absolute atomic E-state index is 0.0888. The Bertz CT molecular complexity index is 386. The van der Waals surface area contributed by atoms with E-state index in [0.29, 0.717) is 6.04 Å². The van der Waals surface area contributed by atoms with Gasteiger partial charge in [-0.15, -0.1) is 0 Å². The van der Waals surface area contributed by atoms with E-state index in [9.17, 15) is 9.90 Å². The number of aliphatic hydroxyl groups is 1. The molecule has 2 atom stereocenters. The predicted molar refractivity (Wildman–Crippen MR) is 91.4 cm³/mol. The second-order valence-corrected chi connectivity index (χ2v) is 8.45. The summed E-state index contributed by atoms with van der Waals surface area (Å²) in [6.07, 6.45) is 8.63. The lowest BCUT2D eigenvalue weighted by molar-refractivity contribution is 0.0486. The number of carbonyl (C=O) groups excluding carboxylic acids is 1. The standard InChI is InChI=1S/C18H34N2O3/c1-17(2,3)23-16(22)20-15-8-6-7-14(11-15)19-12-18(13-21)9-4-5-10-18/h14-15,19,21H,4-13H2,1-3H3,(H,20,22). The van der Waals surface area contributed by atoms with Gasteiger partial charge < -0.3 is 20.5 Å². The van der Waals surface area contributed by atoms with Gasteiger partial charge in [0.1, 0.15) is 5.60 Å². The van der Waals surface area contributed by atoms with E-state index >= 15 is 0 Å². The second-order valence-electron chi connectivity index (χ2n) is 8.45. The highest BCUT2D eigenvalue weighted by atomic mass is 16.6. The van der Waals surface area contributed by atoms with Gasteiger partial charge in [-0.25, -0.2) is 4.79 Å². The molecule has 1 amide bonds. The summed E-state index contributed by atoms with van der Waals surface area (Å²) < 4.78 is 5.35. The third-order valence-corrected chi connectivity index (χ3v) is 5.16. The van der Waals surface area contributed by atoms with E-state index in [1.807, 2.05) is 20.8 Å². The van der Waals surface area contributed by atoms with Crippen LogP contribution in [-0.2, 0) is 4.74 Å². The van der Waals surface area contributed by atoms with Crippen LogP contribution in [0.2, 0.25) is 0 Å². The van der Waals surface area contributed by atoms with Gasteiger partial charge in [-0.1, -0.05) is 12.8 Å². The van der Waals surface area contributed by atoms with Crippen LogP contribution in [0.5, 0.6) is 0 Å². The number of amides is 1. The molecular weight excluding hydrogens is 292 g/mol. The second kappa shape index (κ2) is 7.84. The number of ether oxygens (including phenoxy) is 1. The lowest BCUT2D eigenvalue weighted by Gasteiger charge is -2.34. The van der Waals surface area contributed by atoms with Gasteiger partial charge in [0, 0.05) is 30.7 Å². The van der Waals surface area contributed by atoms with Crippen molar-refractivity contribution in [3.63, 3.8) is 0 Å². The van der Waals surface area contributed by atoms with Crippen LogP contribution in [0.15, 0.2) is 0 Å². The SMILES string of the molecule is CC(C)(C)OC(=O)NC1CCCC(NCC2(CO)CCCC2)C1. The predicted octanol–water partition coefficient (Wildman–Crippen LogP) is 2.96. The Labute approximate surface area is 140 Å². The van der Waals surface area contributed by atoms with E-state index in [4.69, 9.17) is 4.74 Å². The highest BCUT2D eigenvalue weighted by Crippen LogP contribution is 2.37. The largest absolute Gasteiger partial charge is 0.444 e. The first-order valence-corrected chi connectivity index (χ1v) is 9.16. The summed E-state index contributed by atoms with van der Waals surface area (Å²) in [5.74, 6) is 0. The molecule has 0 heterocycles. The number of alkyl carbamates (subject to hydrolysis) is 1. The fraction of sp³-hybridized carbons (Fsp3) is 0.944. The van der Waals surface area contributed by atoms with E-state index in [-0.39, 0.29) is 24.2 Å². The fourth-order valence-electron chi connectivity index (χ4n) is 3.86. The first-order chi connectivity index (χ1) is 10.8. The fourth-order valence-corrected chi connectivity index (χ4v) is 3.86. The Morgan fingerprint density at radius 3 is 2.43 bits per heavy atom. The molecule has 5 nitrogen and oxygen atoms in total. The van der Waals surface area contributed by atoms with Gasteiger partial charge in [-0.05, 0) is 59.3 Å². The maximum Gasteiger partial charge on any atom is 0.407 e. The van der Waals surface area contributed by atoms with Gasteiger partial charge >= 0.3 is 6.09 Å². The molecule has 2 fully saturated rings. The zero-order chi connectivity index (χ0) is 16.9. The number of rotatable bonds is 5. The van der Waals surface area contributed by atoms with Crippen molar-refractivity contribution in [2.24, 2.45) is 5.41 Å². The third kappa shape index (κ3) is 5.96. The quantitative estimate of drug-likeness (QED) is 0.726. The Balaban J connectivity index is 1.76. The lowest BCUT2D eigenvalue weighted by atomic mass is 9.85. The molecule has 0 aromatic rings. The maximum atomic E-state index is 11.9. The summed E-state index contributed by atoms with van der Waals surface area (Å²) in [5.41, 5.74) is -0.363. The smallest absolute Gasteiger partial charge is 0.407 e. The van der Waals surface area contributed by atoms with Crippen LogP contribution in [0.25, 0.3) is 0 Å². The molecule has 2 saturated carbocycles. The molecule has 2 unspecified atom stereocenters. The molecule has 2 aliphatic rings. The molecule has 0 saturated heterocycles. The molecule has 0 aliphatic heterocycles. The monoisotopic (exact) mass is 326 g/mol. The molecule has 23 heavy (non-hydrogen) atoms. The normalized spacial score (nSPS) is 27.7. The van der Waals surface area contributed by atoms with Crippen LogP contribution in [0.3, 0.4) is 0 Å². The summed E-state index contributed by atoms with van der Waals surface area (Å²) in [7, 11) is 0. The van der Waals surface area contributed by atoms with Gasteiger partial charge in [0.25, 0.3) is 0 Å². The van der Waals surface area contributed by atoms with Crippen LogP contribution < -0.4 is 10.6 Å². The first kappa shape index (κ1) is 18.5. The first-order valence-electron chi connectivity index (χ1n) is 9.16. The number of aliphatic hydroxyl groups excluding tert-OH is 1. The number of hydrogen-bond donors (Lipinski definition) is 3. The van der Waals surface area contributed by atoms with Crippen molar-refractivity contribution in [2.45, 2.75) is 89.8 Å². The molecule has 134 valence electrons. The zero-order valence-electron chi connectivity index (χ0n) is 15.0. The van der Waals surface area contributed by atoms with Gasteiger partial charge in [0.05, 0.1) is 0 Å². The van der Waals surface area contributed by atoms with Crippen LogP contribution in [0.1, 0.15) is 72.1 Å². The summed E-state index contributed by atoms with van der Waals surface area (Å²) in [6.45, 7) is 6.83. The minimum atomic E-state index is -0.452. The van der Waals surface area contributed by atoms with Crippen molar-refractivity contribution in [3.8, 4) is 0 Å². The van der Waals surface area contributed by atoms with Crippen molar-refractivity contribution >= 4 is 6.09 Å². The molecule has 2 rings (SSSR count). The van der Waals surface area contributed by atoms with E-state index < -0.39 is 5.60 Å². The number of carbonyl (C=O) groups is 1. The Kier molecular flexibility index (Phi) is 6.32. The molecule has 0 aromatic carbocycles. The number of nitrogens with one attached hydrogen (secondary N) is 2. The van der Waals surface area contributed by atoms with E-state index in [1.54, 1.807) is 0 Å². The highest BCUT2D eigenvalue weighted by Gasteiger charge is 2.34. The van der Waals surface area contributed by atoms with E-state index in [0.717, 1.165) is 45.1 Å². The summed E-state index contributed by atoms with van der Waals surface area (Å²) in [4.78, 5) is 11.9. The molecule has 0 radical (unpaired) electrons. The summed E-state index contributed by atoms with van der Waals surface area (Å²) >= 11 is 0. The zero-order valence-corrected chi connectivity index (χ0v) is 15.0. The topological polar surface area (TPSA) is 70.6 Å². The molecule has 3 N–H and O–H groups in total. The van der Waals surface area contributed by atoms with E-state index in [1.165, 1.54) is 12.8 Å². The Morgan fingerprint density at radius 1 is 1.17 bits per heavy atom. The van der Waals surface area contributed by atoms with Crippen LogP contribution in [0, 0.1) is 5.41 Å². The van der Waals surface area contributed by atoms with Crippen molar-refractivity contribution in [3.05, 3.63) is 0 Å². The molecule has 0 bridgehead atoms. The van der Waals surface area contributed by atoms with Gasteiger partial charge in [-0.3, -0.25) is 0 Å². The van der Waals surface area contributed by atoms with E-state index in [2.05, 4.69) is 10.6 Å². The Morgan fingerprint density at radius 2 is 1.83 bits per heavy atom. The summed E-state index contributed by atoms with van der Waals surface area (Å²) in [5, 5.41) is 16.4. The van der Waals surface area contributed by atoms with Crippen molar-refractivity contribution < 1.29 is 14.6 Å². The minimum Gasteiger partial charge on any atom is -0.444 e. The maximum absolute atomic E-state index is 11.9. The van der Waals surface area contributed by atoms with Crippen molar-refractivity contribution in [1.29, 1.82) is 0 Å². The average Bonchev–Trinajstić information content (AvgIpc) is 2.93.